The predicted octanol–water partition coefficient (Wildman–Crippen LogP) is -0.396. The van der Waals surface area contributed by atoms with Crippen molar-refractivity contribution in [2.75, 3.05) is 31.1 Å². The normalized spacial score (nSPS) is 16.1. The van der Waals surface area contributed by atoms with Crippen molar-refractivity contribution in [3.63, 3.8) is 0 Å². The highest BCUT2D eigenvalue weighted by molar-refractivity contribution is 5.73. The van der Waals surface area contributed by atoms with Crippen molar-refractivity contribution >= 4 is 11.7 Å². The summed E-state index contributed by atoms with van der Waals surface area (Å²) in [5.41, 5.74) is 5.51. The lowest BCUT2D eigenvalue weighted by atomic mass is 10.3. The molecule has 1 saturated heterocycles. The van der Waals surface area contributed by atoms with E-state index in [4.69, 9.17) is 5.73 Å². The lowest BCUT2D eigenvalue weighted by molar-refractivity contribution is -0.129. The number of hydrogen-bond donors (Lipinski definition) is 1. The van der Waals surface area contributed by atoms with Gasteiger partial charge in [0.25, 0.3) is 0 Å². The summed E-state index contributed by atoms with van der Waals surface area (Å²) in [5, 5.41) is 0. The zero-order valence-electron chi connectivity index (χ0n) is 9.96. The first-order valence-electron chi connectivity index (χ1n) is 5.73. The van der Waals surface area contributed by atoms with E-state index in [1.54, 1.807) is 13.1 Å². The Labute approximate surface area is 100 Å². The Bertz CT molecular complexity index is 401. The molecule has 17 heavy (non-hydrogen) atoms. The molecule has 1 aliphatic rings. The van der Waals surface area contributed by atoms with Gasteiger partial charge in [0, 0.05) is 39.3 Å². The number of rotatable bonds is 2. The molecule has 1 amide bonds. The maximum absolute atomic E-state index is 11.2. The fourth-order valence-corrected chi connectivity index (χ4v) is 1.91. The first-order valence-corrected chi connectivity index (χ1v) is 5.73. The van der Waals surface area contributed by atoms with Crippen molar-refractivity contribution in [2.24, 2.45) is 5.73 Å². The van der Waals surface area contributed by atoms with Crippen molar-refractivity contribution in [3.05, 3.63) is 18.1 Å². The number of nitrogens with two attached hydrogens (primary N) is 1. The molecule has 1 aromatic heterocycles. The van der Waals surface area contributed by atoms with Gasteiger partial charge in [-0.3, -0.25) is 4.79 Å². The molecule has 0 unspecified atom stereocenters. The van der Waals surface area contributed by atoms with Gasteiger partial charge in [-0.15, -0.1) is 0 Å². The molecule has 2 N–H and O–H groups in total. The number of anilines is 1. The van der Waals surface area contributed by atoms with E-state index in [2.05, 4.69) is 14.9 Å². The Morgan fingerprint density at radius 3 is 2.71 bits per heavy atom. The molecule has 6 nitrogen and oxygen atoms in total. The summed E-state index contributed by atoms with van der Waals surface area (Å²) in [5.74, 6) is 1.68. The van der Waals surface area contributed by atoms with Crippen LogP contribution in [0.1, 0.15) is 12.7 Å². The van der Waals surface area contributed by atoms with Crippen LogP contribution in [0.5, 0.6) is 0 Å². The lowest BCUT2D eigenvalue weighted by Crippen LogP contribution is -2.48. The Morgan fingerprint density at radius 2 is 2.12 bits per heavy atom. The topological polar surface area (TPSA) is 75.4 Å². The van der Waals surface area contributed by atoms with Crippen molar-refractivity contribution in [1.82, 2.24) is 14.9 Å². The molecule has 2 heterocycles. The van der Waals surface area contributed by atoms with Gasteiger partial charge in [0.05, 0.1) is 6.54 Å². The number of hydrogen-bond acceptors (Lipinski definition) is 5. The van der Waals surface area contributed by atoms with Crippen molar-refractivity contribution in [3.8, 4) is 0 Å². The van der Waals surface area contributed by atoms with E-state index in [0.717, 1.165) is 32.0 Å². The number of carbonyl (C=O) groups excluding carboxylic acids is 1. The molecule has 0 spiro atoms. The quantitative estimate of drug-likeness (QED) is 0.755. The van der Waals surface area contributed by atoms with E-state index >= 15 is 0 Å². The predicted molar refractivity (Wildman–Crippen MR) is 64.4 cm³/mol. The van der Waals surface area contributed by atoms with E-state index in [-0.39, 0.29) is 5.91 Å². The first kappa shape index (κ1) is 11.8. The zero-order chi connectivity index (χ0) is 12.3. The van der Waals surface area contributed by atoms with Crippen LogP contribution in [-0.4, -0.2) is 47.0 Å². The van der Waals surface area contributed by atoms with Crippen LogP contribution in [0.15, 0.2) is 12.3 Å². The summed E-state index contributed by atoms with van der Waals surface area (Å²) < 4.78 is 0. The van der Waals surface area contributed by atoms with Crippen molar-refractivity contribution in [2.45, 2.75) is 13.5 Å². The summed E-state index contributed by atoms with van der Waals surface area (Å²) in [6, 6.07) is 1.88. The van der Waals surface area contributed by atoms with Gasteiger partial charge in [-0.25, -0.2) is 9.97 Å². The van der Waals surface area contributed by atoms with Gasteiger partial charge in [0.15, 0.2) is 0 Å². The van der Waals surface area contributed by atoms with Crippen LogP contribution in [-0.2, 0) is 11.3 Å². The largest absolute Gasteiger partial charge is 0.353 e. The van der Waals surface area contributed by atoms with Crippen LogP contribution in [0.25, 0.3) is 0 Å². The number of carbonyl (C=O) groups is 1. The summed E-state index contributed by atoms with van der Waals surface area (Å²) in [7, 11) is 0. The molecule has 0 aliphatic carbocycles. The average Bonchev–Trinajstić information content (AvgIpc) is 2.39. The molecule has 0 saturated carbocycles. The van der Waals surface area contributed by atoms with Crippen LogP contribution in [0.2, 0.25) is 0 Å². The SMILES string of the molecule is CC(=O)N1CCN(c2ccnc(CN)n2)CC1. The lowest BCUT2D eigenvalue weighted by Gasteiger charge is -2.34. The summed E-state index contributed by atoms with van der Waals surface area (Å²) >= 11 is 0. The Balaban J connectivity index is 2.02. The fraction of sp³-hybridized carbons (Fsp3) is 0.545. The third kappa shape index (κ3) is 2.71. The second-order valence-electron chi connectivity index (χ2n) is 4.03. The average molecular weight is 235 g/mol. The summed E-state index contributed by atoms with van der Waals surface area (Å²) in [6.45, 7) is 5.06. The minimum absolute atomic E-state index is 0.134. The zero-order valence-corrected chi connectivity index (χ0v) is 9.96. The Morgan fingerprint density at radius 1 is 1.41 bits per heavy atom. The standard InChI is InChI=1S/C11H17N5O/c1-9(17)15-4-6-16(7-5-15)11-2-3-13-10(8-12)14-11/h2-3H,4-8,12H2,1H3. The summed E-state index contributed by atoms with van der Waals surface area (Å²) in [4.78, 5) is 23.6. The highest BCUT2D eigenvalue weighted by Gasteiger charge is 2.19. The van der Waals surface area contributed by atoms with Crippen LogP contribution in [0, 0.1) is 0 Å². The molecule has 1 aromatic rings. The van der Waals surface area contributed by atoms with Crippen molar-refractivity contribution in [1.29, 1.82) is 0 Å². The highest BCUT2D eigenvalue weighted by atomic mass is 16.2. The minimum Gasteiger partial charge on any atom is -0.353 e. The van der Waals surface area contributed by atoms with Crippen LogP contribution in [0.3, 0.4) is 0 Å². The molecule has 0 radical (unpaired) electrons. The van der Waals surface area contributed by atoms with Crippen LogP contribution < -0.4 is 10.6 Å². The number of piperazine rings is 1. The molecular weight excluding hydrogens is 218 g/mol. The first-order chi connectivity index (χ1) is 8.20. The molecule has 0 bridgehead atoms. The van der Waals surface area contributed by atoms with Gasteiger partial charge in [0.2, 0.25) is 5.91 Å². The molecule has 0 atom stereocenters. The smallest absolute Gasteiger partial charge is 0.219 e. The van der Waals surface area contributed by atoms with E-state index in [0.29, 0.717) is 12.4 Å². The second-order valence-corrected chi connectivity index (χ2v) is 4.03. The second kappa shape index (κ2) is 5.09. The van der Waals surface area contributed by atoms with Gasteiger partial charge in [-0.2, -0.15) is 0 Å². The number of aromatic nitrogens is 2. The minimum atomic E-state index is 0.134. The maximum atomic E-state index is 11.2. The fourth-order valence-electron chi connectivity index (χ4n) is 1.91. The monoisotopic (exact) mass is 235 g/mol. The van der Waals surface area contributed by atoms with Crippen molar-refractivity contribution < 1.29 is 4.79 Å². The van der Waals surface area contributed by atoms with Crippen LogP contribution in [0.4, 0.5) is 5.82 Å². The van der Waals surface area contributed by atoms with Gasteiger partial charge in [-0.05, 0) is 6.07 Å². The summed E-state index contributed by atoms with van der Waals surface area (Å²) in [6.07, 6.45) is 1.72. The van der Waals surface area contributed by atoms with Gasteiger partial charge in [-0.1, -0.05) is 0 Å². The molecule has 92 valence electrons. The Kier molecular flexibility index (Phi) is 3.53. The van der Waals surface area contributed by atoms with Crippen LogP contribution >= 0.6 is 0 Å². The third-order valence-electron chi connectivity index (χ3n) is 2.92. The third-order valence-corrected chi connectivity index (χ3v) is 2.92. The molecule has 1 fully saturated rings. The molecule has 0 aromatic carbocycles. The molecular formula is C11H17N5O. The molecule has 2 rings (SSSR count). The Hall–Kier alpha value is -1.69. The molecule has 1 aliphatic heterocycles. The number of amides is 1. The van der Waals surface area contributed by atoms with E-state index in [9.17, 15) is 4.79 Å². The van der Waals surface area contributed by atoms with E-state index in [1.807, 2.05) is 11.0 Å². The van der Waals surface area contributed by atoms with Gasteiger partial charge < -0.3 is 15.5 Å². The van der Waals surface area contributed by atoms with Gasteiger partial charge >= 0.3 is 0 Å². The highest BCUT2D eigenvalue weighted by Crippen LogP contribution is 2.12. The maximum Gasteiger partial charge on any atom is 0.219 e. The van der Waals surface area contributed by atoms with E-state index < -0.39 is 0 Å². The molecule has 6 heteroatoms. The van der Waals surface area contributed by atoms with E-state index in [1.165, 1.54) is 0 Å². The number of nitrogens with zero attached hydrogens (tertiary/aromatic N) is 4. The van der Waals surface area contributed by atoms with Gasteiger partial charge in [0.1, 0.15) is 11.6 Å².